The van der Waals surface area contributed by atoms with Gasteiger partial charge in [0.15, 0.2) is 0 Å². The van der Waals surface area contributed by atoms with Crippen molar-refractivity contribution in [1.29, 1.82) is 0 Å². The normalized spacial score (nSPS) is 15.3. The molecule has 3 rings (SSSR count). The average molecular weight is 440 g/mol. The first-order chi connectivity index (χ1) is 14.1. The highest BCUT2D eigenvalue weighted by molar-refractivity contribution is 7.89. The Bertz CT molecular complexity index is 1010. The fourth-order valence-electron chi connectivity index (χ4n) is 3.36. The van der Waals surface area contributed by atoms with Gasteiger partial charge in [0.2, 0.25) is 10.0 Å². The molecule has 0 atom stereocenters. The number of rotatable bonds is 6. The zero-order valence-corrected chi connectivity index (χ0v) is 17.3. The van der Waals surface area contributed by atoms with E-state index >= 15 is 0 Å². The zero-order valence-electron chi connectivity index (χ0n) is 16.5. The van der Waals surface area contributed by atoms with E-state index in [9.17, 15) is 26.4 Å². The van der Waals surface area contributed by atoms with Gasteiger partial charge in [0.05, 0.1) is 10.5 Å². The summed E-state index contributed by atoms with van der Waals surface area (Å²) in [6.07, 6.45) is -2.38. The Balaban J connectivity index is 1.65. The van der Waals surface area contributed by atoms with Crippen molar-refractivity contribution < 1.29 is 26.4 Å². The van der Waals surface area contributed by atoms with Crippen molar-refractivity contribution in [1.82, 2.24) is 9.62 Å². The highest BCUT2D eigenvalue weighted by Gasteiger charge is 2.30. The lowest BCUT2D eigenvalue weighted by Crippen LogP contribution is -2.29. The molecule has 0 aliphatic carbocycles. The van der Waals surface area contributed by atoms with E-state index in [1.165, 1.54) is 28.6 Å². The Morgan fingerprint density at radius 1 is 1.07 bits per heavy atom. The number of carbonyl (C=O) groups is 1. The van der Waals surface area contributed by atoms with Crippen molar-refractivity contribution in [3.05, 3.63) is 64.7 Å². The number of sulfonamides is 1. The third-order valence-electron chi connectivity index (χ3n) is 5.14. The largest absolute Gasteiger partial charge is 0.416 e. The van der Waals surface area contributed by atoms with Gasteiger partial charge in [-0.25, -0.2) is 8.42 Å². The Labute approximate surface area is 173 Å². The summed E-state index contributed by atoms with van der Waals surface area (Å²) in [5, 5.41) is 2.71. The molecule has 1 aliphatic heterocycles. The molecule has 0 spiro atoms. The highest BCUT2D eigenvalue weighted by Crippen LogP contribution is 2.29. The van der Waals surface area contributed by atoms with E-state index in [0.717, 1.165) is 25.0 Å². The summed E-state index contributed by atoms with van der Waals surface area (Å²) in [7, 11) is -3.63. The summed E-state index contributed by atoms with van der Waals surface area (Å²) >= 11 is 0. The van der Waals surface area contributed by atoms with E-state index in [2.05, 4.69) is 5.32 Å². The van der Waals surface area contributed by atoms with Crippen molar-refractivity contribution in [3.63, 3.8) is 0 Å². The van der Waals surface area contributed by atoms with Crippen molar-refractivity contribution in [2.24, 2.45) is 0 Å². The minimum Gasteiger partial charge on any atom is -0.352 e. The van der Waals surface area contributed by atoms with Crippen molar-refractivity contribution >= 4 is 15.9 Å². The number of aryl methyl sites for hydroxylation is 1. The van der Waals surface area contributed by atoms with Crippen LogP contribution in [-0.4, -0.2) is 38.3 Å². The van der Waals surface area contributed by atoms with E-state index in [1.54, 1.807) is 13.0 Å². The minimum atomic E-state index is -4.38. The first-order valence-electron chi connectivity index (χ1n) is 9.64. The Kier molecular flexibility index (Phi) is 6.52. The van der Waals surface area contributed by atoms with Gasteiger partial charge in [-0.1, -0.05) is 18.2 Å². The number of amides is 1. The van der Waals surface area contributed by atoms with Crippen molar-refractivity contribution in [2.75, 3.05) is 19.6 Å². The summed E-state index contributed by atoms with van der Waals surface area (Å²) in [6.45, 7) is 2.89. The number of benzene rings is 2. The lowest BCUT2D eigenvalue weighted by atomic mass is 10.1. The molecule has 1 aliphatic rings. The van der Waals surface area contributed by atoms with Gasteiger partial charge < -0.3 is 5.32 Å². The van der Waals surface area contributed by atoms with Crippen LogP contribution >= 0.6 is 0 Å². The summed E-state index contributed by atoms with van der Waals surface area (Å²) in [5.74, 6) is -0.419. The van der Waals surface area contributed by atoms with Crippen LogP contribution in [0.2, 0.25) is 0 Å². The minimum absolute atomic E-state index is 0.0860. The molecule has 1 heterocycles. The lowest BCUT2D eigenvalue weighted by molar-refractivity contribution is -0.137. The fraction of sp³-hybridized carbons (Fsp3) is 0.381. The van der Waals surface area contributed by atoms with E-state index < -0.39 is 27.7 Å². The molecule has 1 amide bonds. The fourth-order valence-corrected chi connectivity index (χ4v) is 4.90. The summed E-state index contributed by atoms with van der Waals surface area (Å²) in [5.41, 5.74) is 0.845. The van der Waals surface area contributed by atoms with Crippen LogP contribution in [0.25, 0.3) is 0 Å². The van der Waals surface area contributed by atoms with Gasteiger partial charge in [-0.15, -0.1) is 0 Å². The SMILES string of the molecule is Cc1ccc(S(=O)(=O)N2CCCC2)cc1C(=O)NCCc1ccc(C(F)(F)F)cc1. The highest BCUT2D eigenvalue weighted by atomic mass is 32.2. The van der Waals surface area contributed by atoms with Crippen molar-refractivity contribution in [2.45, 2.75) is 37.3 Å². The van der Waals surface area contributed by atoms with Crippen LogP contribution in [0, 0.1) is 6.92 Å². The molecule has 2 aromatic carbocycles. The average Bonchev–Trinajstić information content (AvgIpc) is 3.23. The van der Waals surface area contributed by atoms with Gasteiger partial charge in [-0.3, -0.25) is 4.79 Å². The Morgan fingerprint density at radius 3 is 2.30 bits per heavy atom. The summed E-state index contributed by atoms with van der Waals surface area (Å²) in [4.78, 5) is 12.7. The molecule has 0 bridgehead atoms. The van der Waals surface area contributed by atoms with Crippen LogP contribution in [0.1, 0.15) is 39.9 Å². The van der Waals surface area contributed by atoms with Crippen LogP contribution in [0.3, 0.4) is 0 Å². The van der Waals surface area contributed by atoms with Crippen LogP contribution in [0.5, 0.6) is 0 Å². The van der Waals surface area contributed by atoms with Gasteiger partial charge in [0.25, 0.3) is 5.91 Å². The van der Waals surface area contributed by atoms with Gasteiger partial charge in [0, 0.05) is 25.2 Å². The molecule has 9 heteroatoms. The standard InChI is InChI=1S/C21H23F3N2O3S/c1-15-4-9-18(30(28,29)26-12-2-3-13-26)14-19(15)20(27)25-11-10-16-5-7-17(8-6-16)21(22,23)24/h4-9,14H,2-3,10-13H2,1H3,(H,25,27). The molecule has 5 nitrogen and oxygen atoms in total. The monoisotopic (exact) mass is 440 g/mol. The lowest BCUT2D eigenvalue weighted by Gasteiger charge is -2.17. The summed E-state index contributed by atoms with van der Waals surface area (Å²) < 4.78 is 64.7. The number of nitrogens with one attached hydrogen (secondary N) is 1. The first-order valence-corrected chi connectivity index (χ1v) is 11.1. The van der Waals surface area contributed by atoms with Crippen molar-refractivity contribution in [3.8, 4) is 0 Å². The molecular weight excluding hydrogens is 417 g/mol. The zero-order chi connectivity index (χ0) is 21.9. The molecule has 1 N–H and O–H groups in total. The maximum Gasteiger partial charge on any atom is 0.416 e. The van der Waals surface area contributed by atoms with Gasteiger partial charge in [-0.2, -0.15) is 17.5 Å². The van der Waals surface area contributed by atoms with Gasteiger partial charge in [-0.05, 0) is 61.6 Å². The molecular formula is C21H23F3N2O3S. The Morgan fingerprint density at radius 2 is 1.70 bits per heavy atom. The molecule has 0 unspecified atom stereocenters. The van der Waals surface area contributed by atoms with Crippen LogP contribution in [0.15, 0.2) is 47.4 Å². The number of nitrogens with zero attached hydrogens (tertiary/aromatic N) is 1. The number of hydrogen-bond acceptors (Lipinski definition) is 3. The van der Waals surface area contributed by atoms with E-state index in [0.29, 0.717) is 30.6 Å². The number of carbonyl (C=O) groups excluding carboxylic acids is 1. The third-order valence-corrected chi connectivity index (χ3v) is 7.03. The summed E-state index contributed by atoms with van der Waals surface area (Å²) in [6, 6.07) is 9.26. The molecule has 0 radical (unpaired) electrons. The number of alkyl halides is 3. The molecule has 30 heavy (non-hydrogen) atoms. The predicted octanol–water partition coefficient (Wildman–Crippen LogP) is 3.77. The second-order valence-corrected chi connectivity index (χ2v) is 9.23. The molecule has 1 fully saturated rings. The first kappa shape index (κ1) is 22.3. The quantitative estimate of drug-likeness (QED) is 0.744. The van der Waals surface area contributed by atoms with E-state index in [-0.39, 0.29) is 17.0 Å². The number of hydrogen-bond donors (Lipinski definition) is 1. The van der Waals surface area contributed by atoms with Gasteiger partial charge in [0.1, 0.15) is 0 Å². The topological polar surface area (TPSA) is 66.5 Å². The molecule has 1 saturated heterocycles. The number of halogens is 3. The second kappa shape index (κ2) is 8.77. The van der Waals surface area contributed by atoms with Crippen LogP contribution in [0.4, 0.5) is 13.2 Å². The molecule has 162 valence electrons. The predicted molar refractivity (Wildman–Crippen MR) is 107 cm³/mol. The molecule has 0 aromatic heterocycles. The van der Waals surface area contributed by atoms with Crippen LogP contribution < -0.4 is 5.32 Å². The smallest absolute Gasteiger partial charge is 0.352 e. The maximum atomic E-state index is 12.7. The molecule has 0 saturated carbocycles. The van der Waals surface area contributed by atoms with Gasteiger partial charge >= 0.3 is 6.18 Å². The van der Waals surface area contributed by atoms with E-state index in [1.807, 2.05) is 0 Å². The maximum absolute atomic E-state index is 12.7. The second-order valence-electron chi connectivity index (χ2n) is 7.29. The third kappa shape index (κ3) is 5.02. The van der Waals surface area contributed by atoms with Crippen LogP contribution in [-0.2, 0) is 22.6 Å². The molecule has 2 aromatic rings. The van der Waals surface area contributed by atoms with E-state index in [4.69, 9.17) is 0 Å². The Hall–Kier alpha value is -2.39.